The molecule has 0 heterocycles. The average molecular weight is 353 g/mol. The van der Waals surface area contributed by atoms with Crippen molar-refractivity contribution in [2.24, 2.45) is 4.99 Å². The molecule has 0 saturated carbocycles. The predicted molar refractivity (Wildman–Crippen MR) is 112 cm³/mol. The maximum Gasteiger partial charge on any atom is 0.130 e. The Kier molecular flexibility index (Phi) is 6.47. The molecule has 0 aliphatic rings. The van der Waals surface area contributed by atoms with Crippen molar-refractivity contribution >= 4 is 12.0 Å². The van der Waals surface area contributed by atoms with Gasteiger partial charge in [0, 0.05) is 13.1 Å². The molecule has 3 heteroatoms. The van der Waals surface area contributed by atoms with Crippen LogP contribution in [0, 0.1) is 13.8 Å². The molecule has 2 rings (SSSR count). The van der Waals surface area contributed by atoms with Gasteiger partial charge in [-0.2, -0.15) is 0 Å². The topological polar surface area (TPSA) is 24.8 Å². The third-order valence-electron chi connectivity index (χ3n) is 4.59. The number of benzene rings is 2. The van der Waals surface area contributed by atoms with Gasteiger partial charge < -0.3 is 9.64 Å². The van der Waals surface area contributed by atoms with Gasteiger partial charge in [0.1, 0.15) is 11.5 Å². The molecule has 0 spiro atoms. The van der Waals surface area contributed by atoms with Gasteiger partial charge in [-0.1, -0.05) is 32.9 Å². The molecule has 0 fully saturated rings. The van der Waals surface area contributed by atoms with Crippen LogP contribution in [0.2, 0.25) is 0 Å². The van der Waals surface area contributed by atoms with Crippen LogP contribution in [0.1, 0.15) is 51.3 Å². The lowest BCUT2D eigenvalue weighted by Crippen LogP contribution is -2.20. The molecule has 0 N–H and O–H groups in total. The Hall–Kier alpha value is -2.29. The summed E-state index contributed by atoms with van der Waals surface area (Å²) >= 11 is 0. The second-order valence-corrected chi connectivity index (χ2v) is 7.75. The van der Waals surface area contributed by atoms with Crippen LogP contribution in [0.25, 0.3) is 0 Å². The van der Waals surface area contributed by atoms with Crippen LogP contribution in [0.4, 0.5) is 5.69 Å². The highest BCUT2D eigenvalue weighted by molar-refractivity contribution is 5.65. The Morgan fingerprint density at radius 3 is 2.31 bits per heavy atom. The van der Waals surface area contributed by atoms with Gasteiger partial charge in [0.05, 0.1) is 12.0 Å². The third kappa shape index (κ3) is 5.10. The molecule has 2 aromatic rings. The molecule has 0 radical (unpaired) electrons. The van der Waals surface area contributed by atoms with Gasteiger partial charge in [-0.05, 0) is 74.1 Å². The van der Waals surface area contributed by atoms with Crippen molar-refractivity contribution in [3.63, 3.8) is 0 Å². The molecule has 0 aliphatic heterocycles. The highest BCUT2D eigenvalue weighted by Crippen LogP contribution is 2.33. The van der Waals surface area contributed by atoms with Crippen LogP contribution < -0.4 is 4.74 Å². The van der Waals surface area contributed by atoms with Crippen molar-refractivity contribution in [1.82, 2.24) is 4.90 Å². The smallest absolute Gasteiger partial charge is 0.130 e. The van der Waals surface area contributed by atoms with Gasteiger partial charge in [0.2, 0.25) is 0 Å². The number of hydrogen-bond donors (Lipinski definition) is 0. The Labute approximate surface area is 158 Å². The van der Waals surface area contributed by atoms with E-state index in [1.54, 1.807) is 0 Å². The SMILES string of the molecule is CCN(C=Nc1cc(C)c(Oc2cccc(C(C)(C)C)c2)cc1C)CC. The molecule has 0 atom stereocenters. The second kappa shape index (κ2) is 8.39. The first-order valence-corrected chi connectivity index (χ1v) is 9.42. The van der Waals surface area contributed by atoms with Gasteiger partial charge >= 0.3 is 0 Å². The number of rotatable bonds is 6. The minimum atomic E-state index is 0.104. The molecular formula is C23H32N2O. The molecule has 0 amide bonds. The van der Waals surface area contributed by atoms with E-state index in [0.29, 0.717) is 0 Å². The molecule has 140 valence electrons. The van der Waals surface area contributed by atoms with E-state index in [0.717, 1.165) is 41.4 Å². The quantitative estimate of drug-likeness (QED) is 0.444. The summed E-state index contributed by atoms with van der Waals surface area (Å²) in [6.45, 7) is 17.0. The summed E-state index contributed by atoms with van der Waals surface area (Å²) in [5.41, 5.74) is 4.56. The van der Waals surface area contributed by atoms with Crippen molar-refractivity contribution in [2.45, 2.75) is 53.9 Å². The lowest BCUT2D eigenvalue weighted by atomic mass is 9.87. The van der Waals surface area contributed by atoms with Gasteiger partial charge in [0.15, 0.2) is 0 Å². The molecule has 0 unspecified atom stereocenters. The summed E-state index contributed by atoms with van der Waals surface area (Å²) < 4.78 is 6.19. The fraction of sp³-hybridized carbons (Fsp3) is 0.435. The zero-order chi connectivity index (χ0) is 19.3. The van der Waals surface area contributed by atoms with Crippen molar-refractivity contribution in [3.05, 3.63) is 53.1 Å². The first-order valence-electron chi connectivity index (χ1n) is 9.42. The van der Waals surface area contributed by atoms with Crippen LogP contribution in [-0.2, 0) is 5.41 Å². The van der Waals surface area contributed by atoms with Gasteiger partial charge in [-0.25, -0.2) is 4.99 Å². The molecule has 0 saturated heterocycles. The highest BCUT2D eigenvalue weighted by atomic mass is 16.5. The van der Waals surface area contributed by atoms with Crippen LogP contribution in [0.3, 0.4) is 0 Å². The van der Waals surface area contributed by atoms with E-state index in [2.05, 4.69) is 88.7 Å². The van der Waals surface area contributed by atoms with Gasteiger partial charge in [-0.15, -0.1) is 0 Å². The van der Waals surface area contributed by atoms with E-state index >= 15 is 0 Å². The molecular weight excluding hydrogens is 320 g/mol. The zero-order valence-electron chi connectivity index (χ0n) is 17.3. The molecule has 2 aromatic carbocycles. The van der Waals surface area contributed by atoms with Crippen molar-refractivity contribution in [2.75, 3.05) is 13.1 Å². The molecule has 0 aromatic heterocycles. The van der Waals surface area contributed by atoms with Crippen LogP contribution in [-0.4, -0.2) is 24.3 Å². The fourth-order valence-electron chi connectivity index (χ4n) is 2.71. The Bertz CT molecular complexity index is 768. The maximum absolute atomic E-state index is 6.19. The lowest BCUT2D eigenvalue weighted by Gasteiger charge is -2.20. The molecule has 0 aliphatic carbocycles. The number of ether oxygens (including phenoxy) is 1. The lowest BCUT2D eigenvalue weighted by molar-refractivity contribution is 0.474. The Morgan fingerprint density at radius 2 is 1.69 bits per heavy atom. The van der Waals surface area contributed by atoms with E-state index in [9.17, 15) is 0 Å². The van der Waals surface area contributed by atoms with Crippen molar-refractivity contribution in [3.8, 4) is 11.5 Å². The third-order valence-corrected chi connectivity index (χ3v) is 4.59. The van der Waals surface area contributed by atoms with Crippen molar-refractivity contribution in [1.29, 1.82) is 0 Å². The highest BCUT2D eigenvalue weighted by Gasteiger charge is 2.14. The minimum Gasteiger partial charge on any atom is -0.457 e. The fourth-order valence-corrected chi connectivity index (χ4v) is 2.71. The van der Waals surface area contributed by atoms with E-state index in [-0.39, 0.29) is 5.41 Å². The van der Waals surface area contributed by atoms with E-state index in [1.807, 2.05) is 12.4 Å². The summed E-state index contributed by atoms with van der Waals surface area (Å²) in [6.07, 6.45) is 1.93. The number of aliphatic imine (C=N–C) groups is 1. The van der Waals surface area contributed by atoms with E-state index < -0.39 is 0 Å². The normalized spacial score (nSPS) is 11.8. The average Bonchev–Trinajstić information content (AvgIpc) is 2.59. The summed E-state index contributed by atoms with van der Waals surface area (Å²) in [7, 11) is 0. The second-order valence-electron chi connectivity index (χ2n) is 7.75. The number of nitrogens with zero attached hydrogens (tertiary/aromatic N) is 2. The van der Waals surface area contributed by atoms with Crippen LogP contribution >= 0.6 is 0 Å². The number of hydrogen-bond acceptors (Lipinski definition) is 2. The van der Waals surface area contributed by atoms with Crippen molar-refractivity contribution < 1.29 is 4.74 Å². The summed E-state index contributed by atoms with van der Waals surface area (Å²) in [6, 6.07) is 12.5. The first-order chi connectivity index (χ1) is 12.2. The monoisotopic (exact) mass is 352 g/mol. The van der Waals surface area contributed by atoms with Crippen LogP contribution in [0.5, 0.6) is 11.5 Å². The number of aryl methyl sites for hydroxylation is 2. The molecule has 0 bridgehead atoms. The Balaban J connectivity index is 2.26. The Morgan fingerprint density at radius 1 is 1.00 bits per heavy atom. The van der Waals surface area contributed by atoms with Gasteiger partial charge in [-0.3, -0.25) is 0 Å². The van der Waals surface area contributed by atoms with Gasteiger partial charge in [0.25, 0.3) is 0 Å². The molecule has 26 heavy (non-hydrogen) atoms. The first kappa shape index (κ1) is 20.0. The summed E-state index contributed by atoms with van der Waals surface area (Å²) in [4.78, 5) is 6.83. The van der Waals surface area contributed by atoms with Crippen LogP contribution in [0.15, 0.2) is 41.4 Å². The zero-order valence-corrected chi connectivity index (χ0v) is 17.3. The van der Waals surface area contributed by atoms with E-state index in [4.69, 9.17) is 4.74 Å². The maximum atomic E-state index is 6.19. The summed E-state index contributed by atoms with van der Waals surface area (Å²) in [5, 5.41) is 0. The molecule has 3 nitrogen and oxygen atoms in total. The minimum absolute atomic E-state index is 0.104. The standard InChI is InChI=1S/C23H32N2O/c1-8-25(9-2)16-24-21-13-18(4)22(14-17(21)3)26-20-12-10-11-19(15-20)23(5,6)7/h10-16H,8-9H2,1-7H3. The summed E-state index contributed by atoms with van der Waals surface area (Å²) in [5.74, 6) is 1.76. The predicted octanol–water partition coefficient (Wildman–Crippen LogP) is 6.39. The van der Waals surface area contributed by atoms with E-state index in [1.165, 1.54) is 5.56 Å². The largest absolute Gasteiger partial charge is 0.457 e.